The van der Waals surface area contributed by atoms with Crippen molar-refractivity contribution in [3.05, 3.63) is 59.9 Å². The highest BCUT2D eigenvalue weighted by Crippen LogP contribution is 2.26. The molecule has 2 aromatic rings. The number of hydrogen-bond acceptors (Lipinski definition) is 5. The fourth-order valence-corrected chi connectivity index (χ4v) is 3.60. The third-order valence-electron chi connectivity index (χ3n) is 5.02. The number of rotatable bonds is 7. The zero-order valence-corrected chi connectivity index (χ0v) is 15.9. The van der Waals surface area contributed by atoms with Gasteiger partial charge in [-0.05, 0) is 24.1 Å². The van der Waals surface area contributed by atoms with E-state index in [1.807, 2.05) is 41.3 Å². The van der Waals surface area contributed by atoms with Crippen LogP contribution in [-0.4, -0.2) is 47.1 Å². The van der Waals surface area contributed by atoms with E-state index in [0.717, 1.165) is 16.9 Å². The Hall–Kier alpha value is -2.93. The van der Waals surface area contributed by atoms with Crippen LogP contribution in [0.3, 0.4) is 0 Å². The molecule has 148 valence electrons. The average molecular weight is 383 g/mol. The number of carboxylic acids is 1. The number of amides is 1. The number of benzene rings is 1. The summed E-state index contributed by atoms with van der Waals surface area (Å²) >= 11 is 0. The molecule has 7 heteroatoms. The number of ether oxygens (including phenoxy) is 1. The van der Waals surface area contributed by atoms with E-state index in [1.165, 1.54) is 0 Å². The molecule has 0 aliphatic carbocycles. The van der Waals surface area contributed by atoms with Crippen molar-refractivity contribution in [3.8, 4) is 5.75 Å². The van der Waals surface area contributed by atoms with Crippen LogP contribution in [-0.2, 0) is 22.7 Å². The molecular formula is C21H25N3O4. The molecule has 0 radical (unpaired) electrons. The Morgan fingerprint density at radius 1 is 1.21 bits per heavy atom. The highest BCUT2D eigenvalue weighted by molar-refractivity contribution is 5.80. The van der Waals surface area contributed by atoms with E-state index in [-0.39, 0.29) is 11.8 Å². The first kappa shape index (κ1) is 19.8. The number of nitrogens with one attached hydrogen (secondary N) is 1. The van der Waals surface area contributed by atoms with Crippen molar-refractivity contribution in [2.24, 2.45) is 11.8 Å². The van der Waals surface area contributed by atoms with Crippen molar-refractivity contribution in [1.29, 1.82) is 0 Å². The molecule has 1 saturated heterocycles. The predicted molar refractivity (Wildman–Crippen MR) is 104 cm³/mol. The van der Waals surface area contributed by atoms with Crippen LogP contribution in [0.1, 0.15) is 17.5 Å². The molecule has 1 aliphatic rings. The van der Waals surface area contributed by atoms with Gasteiger partial charge in [0.05, 0.1) is 18.9 Å². The van der Waals surface area contributed by atoms with Gasteiger partial charge in [-0.15, -0.1) is 0 Å². The number of likely N-dealkylation sites (tertiary alicyclic amines) is 1. The maximum atomic E-state index is 12.7. The molecule has 1 amide bonds. The van der Waals surface area contributed by atoms with Crippen LogP contribution in [0.4, 0.5) is 0 Å². The molecule has 0 unspecified atom stereocenters. The Labute approximate surface area is 164 Å². The number of pyridine rings is 1. The third kappa shape index (κ3) is 5.07. The van der Waals surface area contributed by atoms with Gasteiger partial charge in [-0.2, -0.15) is 0 Å². The SMILES string of the molecule is COc1ccccc1CN1C[C@@H](C(=O)O)C[C@@H](C(=O)NCc2cccnc2)C1. The lowest BCUT2D eigenvalue weighted by molar-refractivity contribution is -0.145. The number of hydrogen-bond donors (Lipinski definition) is 2. The second-order valence-electron chi connectivity index (χ2n) is 7.05. The third-order valence-corrected chi connectivity index (χ3v) is 5.02. The quantitative estimate of drug-likeness (QED) is 0.759. The summed E-state index contributed by atoms with van der Waals surface area (Å²) < 4.78 is 5.39. The van der Waals surface area contributed by atoms with E-state index in [1.54, 1.807) is 19.5 Å². The van der Waals surface area contributed by atoms with Crippen LogP contribution >= 0.6 is 0 Å². The number of methoxy groups -OCH3 is 1. The summed E-state index contributed by atoms with van der Waals surface area (Å²) in [7, 11) is 1.61. The molecule has 7 nitrogen and oxygen atoms in total. The highest BCUT2D eigenvalue weighted by atomic mass is 16.5. The summed E-state index contributed by atoms with van der Waals surface area (Å²) in [5.74, 6) is -1.18. The lowest BCUT2D eigenvalue weighted by Gasteiger charge is -2.35. The van der Waals surface area contributed by atoms with Crippen LogP contribution in [0.15, 0.2) is 48.8 Å². The number of aliphatic carboxylic acids is 1. The first-order chi connectivity index (χ1) is 13.6. The van der Waals surface area contributed by atoms with Gasteiger partial charge < -0.3 is 15.2 Å². The zero-order valence-electron chi connectivity index (χ0n) is 15.9. The summed E-state index contributed by atoms with van der Waals surface area (Å²) in [4.78, 5) is 30.4. The standard InChI is InChI=1S/C21H25N3O4/c1-28-19-7-3-2-6-16(19)12-24-13-17(9-18(14-24)21(26)27)20(25)23-11-15-5-4-8-22-10-15/h2-8,10,17-18H,9,11-14H2,1H3,(H,23,25)(H,26,27)/t17-,18+/m1/s1. The molecule has 1 aliphatic heterocycles. The summed E-state index contributed by atoms with van der Waals surface area (Å²) in [6.07, 6.45) is 3.73. The van der Waals surface area contributed by atoms with Crippen LogP contribution in [0.2, 0.25) is 0 Å². The van der Waals surface area contributed by atoms with E-state index in [2.05, 4.69) is 10.3 Å². The van der Waals surface area contributed by atoms with Crippen LogP contribution in [0, 0.1) is 11.8 Å². The van der Waals surface area contributed by atoms with Gasteiger partial charge in [-0.1, -0.05) is 24.3 Å². The summed E-state index contributed by atoms with van der Waals surface area (Å²) in [6, 6.07) is 11.4. The van der Waals surface area contributed by atoms with Crippen molar-refractivity contribution in [2.45, 2.75) is 19.5 Å². The monoisotopic (exact) mass is 383 g/mol. The van der Waals surface area contributed by atoms with Crippen LogP contribution in [0.25, 0.3) is 0 Å². The van der Waals surface area contributed by atoms with Gasteiger partial charge in [0.1, 0.15) is 5.75 Å². The van der Waals surface area contributed by atoms with Crippen molar-refractivity contribution in [1.82, 2.24) is 15.2 Å². The van der Waals surface area contributed by atoms with E-state index >= 15 is 0 Å². The summed E-state index contributed by atoms with van der Waals surface area (Å²) in [6.45, 7) is 1.86. The topological polar surface area (TPSA) is 91.8 Å². The second kappa shape index (κ2) is 9.32. The predicted octanol–water partition coefficient (Wildman–Crippen LogP) is 1.93. The first-order valence-corrected chi connectivity index (χ1v) is 9.30. The van der Waals surface area contributed by atoms with Crippen LogP contribution < -0.4 is 10.1 Å². The van der Waals surface area contributed by atoms with Crippen molar-refractivity contribution in [2.75, 3.05) is 20.2 Å². The molecule has 1 aromatic carbocycles. The van der Waals surface area contributed by atoms with Gasteiger partial charge in [-0.25, -0.2) is 0 Å². The Kier molecular flexibility index (Phi) is 6.60. The summed E-state index contributed by atoms with van der Waals surface area (Å²) in [5.41, 5.74) is 1.89. The van der Waals surface area contributed by atoms with Crippen LogP contribution in [0.5, 0.6) is 5.75 Å². The van der Waals surface area contributed by atoms with Gasteiger partial charge in [0.25, 0.3) is 0 Å². The number of carbonyl (C=O) groups excluding carboxylic acids is 1. The van der Waals surface area contributed by atoms with Crippen molar-refractivity contribution >= 4 is 11.9 Å². The molecule has 2 atom stereocenters. The molecule has 1 fully saturated rings. The maximum absolute atomic E-state index is 12.7. The lowest BCUT2D eigenvalue weighted by atomic mass is 9.88. The number of nitrogens with zero attached hydrogens (tertiary/aromatic N) is 2. The normalized spacial score (nSPS) is 19.8. The van der Waals surface area contributed by atoms with E-state index < -0.39 is 11.9 Å². The van der Waals surface area contributed by atoms with Gasteiger partial charge in [0.15, 0.2) is 0 Å². The molecule has 0 spiro atoms. The maximum Gasteiger partial charge on any atom is 0.307 e. The molecule has 3 rings (SSSR count). The number of carboxylic acid groups (broad SMARTS) is 1. The minimum absolute atomic E-state index is 0.125. The Bertz CT molecular complexity index is 812. The summed E-state index contributed by atoms with van der Waals surface area (Å²) in [5, 5.41) is 12.5. The second-order valence-corrected chi connectivity index (χ2v) is 7.05. The largest absolute Gasteiger partial charge is 0.496 e. The highest BCUT2D eigenvalue weighted by Gasteiger charge is 2.35. The Morgan fingerprint density at radius 2 is 2.00 bits per heavy atom. The average Bonchev–Trinajstić information content (AvgIpc) is 2.73. The van der Waals surface area contributed by atoms with Gasteiger partial charge in [-0.3, -0.25) is 19.5 Å². The van der Waals surface area contributed by atoms with Gasteiger partial charge in [0, 0.05) is 44.1 Å². The van der Waals surface area contributed by atoms with Crippen molar-refractivity contribution in [3.63, 3.8) is 0 Å². The van der Waals surface area contributed by atoms with E-state index in [0.29, 0.717) is 32.6 Å². The van der Waals surface area contributed by atoms with Gasteiger partial charge in [0.2, 0.25) is 5.91 Å². The molecule has 1 aromatic heterocycles. The van der Waals surface area contributed by atoms with Gasteiger partial charge >= 0.3 is 5.97 Å². The number of aromatic nitrogens is 1. The molecule has 28 heavy (non-hydrogen) atoms. The number of piperidine rings is 1. The number of carbonyl (C=O) groups is 2. The molecule has 2 N–H and O–H groups in total. The molecule has 2 heterocycles. The molecule has 0 saturated carbocycles. The van der Waals surface area contributed by atoms with E-state index in [4.69, 9.17) is 4.74 Å². The number of para-hydroxylation sites is 1. The molecule has 0 bridgehead atoms. The lowest BCUT2D eigenvalue weighted by Crippen LogP contribution is -2.47. The van der Waals surface area contributed by atoms with Crippen molar-refractivity contribution < 1.29 is 19.4 Å². The Morgan fingerprint density at radius 3 is 2.71 bits per heavy atom. The smallest absolute Gasteiger partial charge is 0.307 e. The minimum Gasteiger partial charge on any atom is -0.496 e. The Balaban J connectivity index is 1.67. The minimum atomic E-state index is -0.866. The first-order valence-electron chi connectivity index (χ1n) is 9.30. The fraction of sp³-hybridized carbons (Fsp3) is 0.381. The van der Waals surface area contributed by atoms with E-state index in [9.17, 15) is 14.7 Å². The zero-order chi connectivity index (χ0) is 19.9. The fourth-order valence-electron chi connectivity index (χ4n) is 3.60. The molecular weight excluding hydrogens is 358 g/mol.